The van der Waals surface area contributed by atoms with E-state index in [0.29, 0.717) is 12.6 Å². The largest absolute Gasteiger partial charge is 0.493 e. The van der Waals surface area contributed by atoms with Gasteiger partial charge in [-0.1, -0.05) is 31.9 Å². The molecule has 4 rings (SSSR count). The molecule has 1 aliphatic rings. The van der Waals surface area contributed by atoms with Crippen LogP contribution in [0.15, 0.2) is 35.2 Å². The number of rotatable bonds is 9. The average molecular weight is 411 g/mol. The lowest BCUT2D eigenvalue weighted by atomic mass is 10.0. The summed E-state index contributed by atoms with van der Waals surface area (Å²) in [6, 6.07) is 6.41. The van der Waals surface area contributed by atoms with Gasteiger partial charge in [0.25, 0.3) is 0 Å². The molecular weight excluding hydrogens is 380 g/mol. The molecule has 2 unspecified atom stereocenters. The second-order valence-corrected chi connectivity index (χ2v) is 8.02. The molecule has 160 valence electrons. The van der Waals surface area contributed by atoms with Crippen LogP contribution in [0.3, 0.4) is 0 Å². The van der Waals surface area contributed by atoms with Gasteiger partial charge in [-0.05, 0) is 60.7 Å². The van der Waals surface area contributed by atoms with Gasteiger partial charge in [0.05, 0.1) is 30.9 Å². The number of hydrogen-bond donors (Lipinski definition) is 1. The number of aromatic nitrogens is 5. The predicted octanol–water partition coefficient (Wildman–Crippen LogP) is 4.31. The van der Waals surface area contributed by atoms with Crippen LogP contribution in [0.4, 0.5) is 0 Å². The van der Waals surface area contributed by atoms with E-state index in [-0.39, 0.29) is 12.1 Å². The van der Waals surface area contributed by atoms with Crippen molar-refractivity contribution in [1.29, 1.82) is 0 Å². The fraction of sp³-hybridized carbons (Fsp3) is 0.545. The molecule has 0 aliphatic heterocycles. The van der Waals surface area contributed by atoms with Crippen molar-refractivity contribution < 1.29 is 9.15 Å². The standard InChI is InChI=1S/C22H30N6O2/c1-4-11-29-19-10-9-17(12-15(19)2)21(24-16(3)20-13-23-14-30-20)22-25-26-27-28(22)18-7-5-6-8-18/h9-10,12-14,16,18,21,24H,4-8,11H2,1-3H3. The minimum absolute atomic E-state index is 0.0532. The third-order valence-corrected chi connectivity index (χ3v) is 5.74. The van der Waals surface area contributed by atoms with Crippen LogP contribution in [0, 0.1) is 6.92 Å². The highest BCUT2D eigenvalue weighted by molar-refractivity contribution is 5.39. The number of benzene rings is 1. The molecule has 0 radical (unpaired) electrons. The summed E-state index contributed by atoms with van der Waals surface area (Å²) in [6.07, 6.45) is 8.85. The zero-order valence-electron chi connectivity index (χ0n) is 17.9. The smallest absolute Gasteiger partial charge is 0.180 e. The van der Waals surface area contributed by atoms with Crippen LogP contribution in [-0.2, 0) is 0 Å². The SMILES string of the molecule is CCCOc1ccc(C(NC(C)c2cnco2)c2nnnn2C2CCCC2)cc1C. The van der Waals surface area contributed by atoms with Crippen molar-refractivity contribution in [2.24, 2.45) is 0 Å². The summed E-state index contributed by atoms with van der Waals surface area (Å²) >= 11 is 0. The van der Waals surface area contributed by atoms with Crippen molar-refractivity contribution in [3.05, 3.63) is 53.5 Å². The van der Waals surface area contributed by atoms with Gasteiger partial charge in [0.2, 0.25) is 0 Å². The summed E-state index contributed by atoms with van der Waals surface area (Å²) in [6.45, 7) is 6.95. The first-order valence-corrected chi connectivity index (χ1v) is 10.8. The molecular formula is C22H30N6O2. The Morgan fingerprint density at radius 3 is 2.83 bits per heavy atom. The normalized spacial score (nSPS) is 16.6. The van der Waals surface area contributed by atoms with Gasteiger partial charge in [0, 0.05) is 0 Å². The summed E-state index contributed by atoms with van der Waals surface area (Å²) in [5.74, 6) is 2.52. The minimum Gasteiger partial charge on any atom is -0.493 e. The topological polar surface area (TPSA) is 90.9 Å². The highest BCUT2D eigenvalue weighted by Gasteiger charge is 2.29. The maximum atomic E-state index is 5.87. The van der Waals surface area contributed by atoms with Crippen molar-refractivity contribution >= 4 is 0 Å². The van der Waals surface area contributed by atoms with Crippen LogP contribution in [0.1, 0.15) is 86.8 Å². The molecule has 3 aromatic rings. The maximum Gasteiger partial charge on any atom is 0.180 e. The van der Waals surface area contributed by atoms with Gasteiger partial charge in [-0.25, -0.2) is 9.67 Å². The average Bonchev–Trinajstić information content (AvgIpc) is 3.52. The molecule has 8 heteroatoms. The second-order valence-electron chi connectivity index (χ2n) is 8.02. The van der Waals surface area contributed by atoms with Crippen LogP contribution in [0.2, 0.25) is 0 Å². The van der Waals surface area contributed by atoms with Crippen molar-refractivity contribution in [2.45, 2.75) is 71.0 Å². The molecule has 0 spiro atoms. The van der Waals surface area contributed by atoms with E-state index in [1.54, 1.807) is 6.20 Å². The Balaban J connectivity index is 1.67. The summed E-state index contributed by atoms with van der Waals surface area (Å²) < 4.78 is 13.4. The Morgan fingerprint density at radius 1 is 1.30 bits per heavy atom. The molecule has 30 heavy (non-hydrogen) atoms. The molecule has 2 aromatic heterocycles. The molecule has 1 aromatic carbocycles. The molecule has 1 saturated carbocycles. The Morgan fingerprint density at radius 2 is 2.13 bits per heavy atom. The Labute approximate surface area is 177 Å². The van der Waals surface area contributed by atoms with E-state index in [2.05, 4.69) is 58.7 Å². The van der Waals surface area contributed by atoms with Gasteiger partial charge in [0.15, 0.2) is 12.2 Å². The highest BCUT2D eigenvalue weighted by Crippen LogP contribution is 2.33. The van der Waals surface area contributed by atoms with E-state index in [9.17, 15) is 0 Å². The Bertz CT molecular complexity index is 933. The van der Waals surface area contributed by atoms with Gasteiger partial charge in [-0.3, -0.25) is 5.32 Å². The third kappa shape index (κ3) is 4.38. The first kappa shape index (κ1) is 20.5. The van der Waals surface area contributed by atoms with Crippen molar-refractivity contribution in [3.63, 3.8) is 0 Å². The van der Waals surface area contributed by atoms with Crippen molar-refractivity contribution in [3.8, 4) is 5.75 Å². The van der Waals surface area contributed by atoms with E-state index < -0.39 is 0 Å². The molecule has 1 aliphatic carbocycles. The number of nitrogens with one attached hydrogen (secondary N) is 1. The first-order chi connectivity index (χ1) is 14.7. The number of ether oxygens (including phenoxy) is 1. The number of tetrazole rings is 1. The Hall–Kier alpha value is -2.74. The molecule has 1 N–H and O–H groups in total. The number of hydrogen-bond acceptors (Lipinski definition) is 7. The molecule has 2 atom stereocenters. The third-order valence-electron chi connectivity index (χ3n) is 5.74. The highest BCUT2D eigenvalue weighted by atomic mass is 16.5. The molecule has 0 saturated heterocycles. The zero-order chi connectivity index (χ0) is 20.9. The fourth-order valence-electron chi connectivity index (χ4n) is 4.12. The summed E-state index contributed by atoms with van der Waals surface area (Å²) in [5, 5.41) is 16.5. The van der Waals surface area contributed by atoms with E-state index >= 15 is 0 Å². The van der Waals surface area contributed by atoms with Crippen LogP contribution < -0.4 is 10.1 Å². The predicted molar refractivity (Wildman–Crippen MR) is 112 cm³/mol. The molecule has 0 bridgehead atoms. The number of aryl methyl sites for hydroxylation is 1. The summed E-state index contributed by atoms with van der Waals surface area (Å²) in [4.78, 5) is 4.05. The Kier molecular flexibility index (Phi) is 6.42. The van der Waals surface area contributed by atoms with Crippen LogP contribution in [0.5, 0.6) is 5.75 Å². The molecule has 1 fully saturated rings. The fourth-order valence-corrected chi connectivity index (χ4v) is 4.12. The monoisotopic (exact) mass is 410 g/mol. The van der Waals surface area contributed by atoms with Gasteiger partial charge in [0.1, 0.15) is 11.5 Å². The van der Waals surface area contributed by atoms with Gasteiger partial charge in [-0.2, -0.15) is 0 Å². The maximum absolute atomic E-state index is 5.87. The van der Waals surface area contributed by atoms with E-state index in [1.165, 1.54) is 19.2 Å². The van der Waals surface area contributed by atoms with E-state index in [4.69, 9.17) is 9.15 Å². The zero-order valence-corrected chi connectivity index (χ0v) is 17.9. The van der Waals surface area contributed by atoms with Gasteiger partial charge in [-0.15, -0.1) is 5.10 Å². The van der Waals surface area contributed by atoms with Crippen molar-refractivity contribution in [1.82, 2.24) is 30.5 Å². The van der Waals surface area contributed by atoms with Gasteiger partial charge < -0.3 is 9.15 Å². The van der Waals surface area contributed by atoms with Crippen LogP contribution >= 0.6 is 0 Å². The van der Waals surface area contributed by atoms with Crippen molar-refractivity contribution in [2.75, 3.05) is 6.61 Å². The van der Waals surface area contributed by atoms with Gasteiger partial charge >= 0.3 is 0 Å². The lowest BCUT2D eigenvalue weighted by molar-refractivity contribution is 0.315. The van der Waals surface area contributed by atoms with Crippen LogP contribution in [-0.4, -0.2) is 31.8 Å². The lowest BCUT2D eigenvalue weighted by Gasteiger charge is -2.24. The van der Waals surface area contributed by atoms with E-state index in [1.807, 2.05) is 10.7 Å². The van der Waals surface area contributed by atoms with Crippen LogP contribution in [0.25, 0.3) is 0 Å². The van der Waals surface area contributed by atoms with E-state index in [0.717, 1.165) is 47.7 Å². The summed E-state index contributed by atoms with van der Waals surface area (Å²) in [7, 11) is 0. The molecule has 2 heterocycles. The number of oxazole rings is 1. The quantitative estimate of drug-likeness (QED) is 0.562. The molecule has 0 amide bonds. The molecule has 8 nitrogen and oxygen atoms in total. The number of nitrogens with zero attached hydrogens (tertiary/aromatic N) is 5. The summed E-state index contributed by atoms with van der Waals surface area (Å²) in [5.41, 5.74) is 2.19. The first-order valence-electron chi connectivity index (χ1n) is 10.8. The lowest BCUT2D eigenvalue weighted by Crippen LogP contribution is -2.29. The second kappa shape index (κ2) is 9.38. The minimum atomic E-state index is -0.181.